The summed E-state index contributed by atoms with van der Waals surface area (Å²) in [5, 5.41) is 4.58. The zero-order valence-corrected chi connectivity index (χ0v) is 11.7. The molecule has 0 amide bonds. The van der Waals surface area contributed by atoms with Gasteiger partial charge >= 0.3 is 0 Å². The topological polar surface area (TPSA) is 15.3 Å². The average Bonchev–Trinajstić information content (AvgIpc) is 3.19. The number of rotatable bonds is 3. The molecule has 0 aromatic heterocycles. The zero-order valence-electron chi connectivity index (χ0n) is 10.9. The third kappa shape index (κ3) is 2.71. The van der Waals surface area contributed by atoms with Crippen molar-refractivity contribution in [1.82, 2.24) is 10.2 Å². The van der Waals surface area contributed by atoms with E-state index >= 15 is 0 Å². The predicted molar refractivity (Wildman–Crippen MR) is 75.8 cm³/mol. The van der Waals surface area contributed by atoms with Crippen LogP contribution in [0.4, 0.5) is 0 Å². The first-order chi connectivity index (χ1) is 8.74. The van der Waals surface area contributed by atoms with Crippen molar-refractivity contribution in [3.8, 4) is 0 Å². The summed E-state index contributed by atoms with van der Waals surface area (Å²) in [7, 11) is 0. The molecule has 1 N–H and O–H groups in total. The maximum Gasteiger partial charge on any atom is 0.0451 e. The summed E-state index contributed by atoms with van der Waals surface area (Å²) in [6.45, 7) is 5.54. The van der Waals surface area contributed by atoms with Crippen LogP contribution in [0.15, 0.2) is 24.3 Å². The molecule has 0 spiro atoms. The minimum atomic E-state index is 0.594. The molecule has 2 nitrogen and oxygen atoms in total. The van der Waals surface area contributed by atoms with E-state index < -0.39 is 0 Å². The quantitative estimate of drug-likeness (QED) is 0.903. The van der Waals surface area contributed by atoms with Crippen LogP contribution in [0, 0.1) is 5.92 Å². The molecule has 18 heavy (non-hydrogen) atoms. The van der Waals surface area contributed by atoms with Gasteiger partial charge in [0.1, 0.15) is 0 Å². The molecule has 1 aliphatic heterocycles. The minimum Gasteiger partial charge on any atom is -0.311 e. The van der Waals surface area contributed by atoms with Crippen LogP contribution in [0.2, 0.25) is 5.02 Å². The predicted octanol–water partition coefficient (Wildman–Crippen LogP) is 2.91. The third-order valence-corrected chi connectivity index (χ3v) is 4.62. The first-order valence-electron chi connectivity index (χ1n) is 6.95. The SMILES string of the molecule is CC1CNC(C2CC2)CN1Cc1ccccc1Cl. The Kier molecular flexibility index (Phi) is 3.60. The largest absolute Gasteiger partial charge is 0.311 e. The molecule has 1 aliphatic carbocycles. The highest BCUT2D eigenvalue weighted by Crippen LogP contribution is 2.34. The van der Waals surface area contributed by atoms with Crippen LogP contribution in [0.25, 0.3) is 0 Å². The number of piperazine rings is 1. The van der Waals surface area contributed by atoms with Gasteiger partial charge in [0.05, 0.1) is 0 Å². The van der Waals surface area contributed by atoms with Gasteiger partial charge in [0.15, 0.2) is 0 Å². The molecule has 2 unspecified atom stereocenters. The van der Waals surface area contributed by atoms with Crippen molar-refractivity contribution in [1.29, 1.82) is 0 Å². The lowest BCUT2D eigenvalue weighted by Gasteiger charge is -2.39. The molecule has 1 saturated heterocycles. The highest BCUT2D eigenvalue weighted by Gasteiger charge is 2.35. The van der Waals surface area contributed by atoms with E-state index in [0.29, 0.717) is 12.1 Å². The summed E-state index contributed by atoms with van der Waals surface area (Å²) in [6, 6.07) is 9.50. The lowest BCUT2D eigenvalue weighted by atomic mass is 10.0. The first kappa shape index (κ1) is 12.5. The summed E-state index contributed by atoms with van der Waals surface area (Å²) >= 11 is 6.26. The number of benzene rings is 1. The van der Waals surface area contributed by atoms with Gasteiger partial charge in [-0.05, 0) is 37.3 Å². The number of hydrogen-bond donors (Lipinski definition) is 1. The lowest BCUT2D eigenvalue weighted by Crippen LogP contribution is -2.55. The Morgan fingerprint density at radius 3 is 2.83 bits per heavy atom. The minimum absolute atomic E-state index is 0.594. The summed E-state index contributed by atoms with van der Waals surface area (Å²) in [6.07, 6.45) is 2.82. The van der Waals surface area contributed by atoms with Crippen LogP contribution < -0.4 is 5.32 Å². The fraction of sp³-hybridized carbons (Fsp3) is 0.600. The fourth-order valence-electron chi connectivity index (χ4n) is 2.83. The normalized spacial score (nSPS) is 29.4. The Balaban J connectivity index is 1.68. The number of nitrogens with zero attached hydrogens (tertiary/aromatic N) is 1. The van der Waals surface area contributed by atoms with Gasteiger partial charge < -0.3 is 5.32 Å². The molecular formula is C15H21ClN2. The van der Waals surface area contributed by atoms with Gasteiger partial charge in [0, 0.05) is 36.7 Å². The molecule has 0 radical (unpaired) electrons. The van der Waals surface area contributed by atoms with Crippen molar-refractivity contribution in [3.63, 3.8) is 0 Å². The number of nitrogens with one attached hydrogen (secondary N) is 1. The van der Waals surface area contributed by atoms with Crippen LogP contribution in [0.1, 0.15) is 25.3 Å². The van der Waals surface area contributed by atoms with Crippen LogP contribution in [-0.4, -0.2) is 30.1 Å². The second-order valence-corrected chi connectivity index (χ2v) is 6.13. The molecule has 3 rings (SSSR count). The molecule has 0 bridgehead atoms. The summed E-state index contributed by atoms with van der Waals surface area (Å²) in [4.78, 5) is 2.57. The lowest BCUT2D eigenvalue weighted by molar-refractivity contribution is 0.125. The standard InChI is InChI=1S/C15H21ClN2/c1-11-8-17-15(12-6-7-12)10-18(11)9-13-4-2-3-5-14(13)16/h2-5,11-12,15,17H,6-10H2,1H3. The Morgan fingerprint density at radius 2 is 2.11 bits per heavy atom. The van der Waals surface area contributed by atoms with E-state index in [1.165, 1.54) is 18.4 Å². The zero-order chi connectivity index (χ0) is 12.5. The third-order valence-electron chi connectivity index (χ3n) is 4.25. The van der Waals surface area contributed by atoms with Gasteiger partial charge in [-0.15, -0.1) is 0 Å². The van der Waals surface area contributed by atoms with Crippen molar-refractivity contribution in [2.45, 2.75) is 38.4 Å². The van der Waals surface area contributed by atoms with Crippen molar-refractivity contribution in [2.24, 2.45) is 5.92 Å². The molecule has 98 valence electrons. The van der Waals surface area contributed by atoms with E-state index in [-0.39, 0.29) is 0 Å². The summed E-state index contributed by atoms with van der Waals surface area (Å²) in [5.41, 5.74) is 1.25. The van der Waals surface area contributed by atoms with Gasteiger partial charge in [-0.25, -0.2) is 0 Å². The fourth-order valence-corrected chi connectivity index (χ4v) is 3.02. The smallest absolute Gasteiger partial charge is 0.0451 e. The highest BCUT2D eigenvalue weighted by atomic mass is 35.5. The maximum atomic E-state index is 6.26. The molecule has 3 heteroatoms. The summed E-state index contributed by atoms with van der Waals surface area (Å²) in [5.74, 6) is 0.922. The molecular weight excluding hydrogens is 244 g/mol. The molecule has 2 fully saturated rings. The van der Waals surface area contributed by atoms with Gasteiger partial charge in [-0.1, -0.05) is 29.8 Å². The second kappa shape index (κ2) is 5.20. The maximum absolute atomic E-state index is 6.26. The van der Waals surface area contributed by atoms with Gasteiger partial charge in [-0.3, -0.25) is 4.90 Å². The Labute approximate surface area is 114 Å². The van der Waals surface area contributed by atoms with Gasteiger partial charge in [0.25, 0.3) is 0 Å². The molecule has 2 atom stereocenters. The van der Waals surface area contributed by atoms with Gasteiger partial charge in [0.2, 0.25) is 0 Å². The van der Waals surface area contributed by atoms with Crippen LogP contribution in [-0.2, 0) is 6.54 Å². The average molecular weight is 265 g/mol. The van der Waals surface area contributed by atoms with Crippen LogP contribution >= 0.6 is 11.6 Å². The van der Waals surface area contributed by atoms with E-state index in [1.54, 1.807) is 0 Å². The van der Waals surface area contributed by atoms with Crippen LogP contribution in [0.3, 0.4) is 0 Å². The number of halogens is 1. The van der Waals surface area contributed by atoms with E-state index in [2.05, 4.69) is 29.3 Å². The van der Waals surface area contributed by atoms with Crippen LogP contribution in [0.5, 0.6) is 0 Å². The molecule has 1 aromatic carbocycles. The highest BCUT2D eigenvalue weighted by molar-refractivity contribution is 6.31. The Bertz CT molecular complexity index is 417. The van der Waals surface area contributed by atoms with E-state index in [0.717, 1.165) is 30.6 Å². The summed E-state index contributed by atoms with van der Waals surface area (Å²) < 4.78 is 0. The Hall–Kier alpha value is -0.570. The van der Waals surface area contributed by atoms with Crippen molar-refractivity contribution in [3.05, 3.63) is 34.9 Å². The molecule has 1 saturated carbocycles. The Morgan fingerprint density at radius 1 is 1.33 bits per heavy atom. The van der Waals surface area contributed by atoms with Crippen molar-refractivity contribution in [2.75, 3.05) is 13.1 Å². The molecule has 1 heterocycles. The van der Waals surface area contributed by atoms with E-state index in [9.17, 15) is 0 Å². The number of hydrogen-bond acceptors (Lipinski definition) is 2. The van der Waals surface area contributed by atoms with E-state index in [4.69, 9.17) is 11.6 Å². The molecule has 1 aromatic rings. The first-order valence-corrected chi connectivity index (χ1v) is 7.32. The monoisotopic (exact) mass is 264 g/mol. The van der Waals surface area contributed by atoms with Gasteiger partial charge in [-0.2, -0.15) is 0 Å². The molecule has 2 aliphatic rings. The van der Waals surface area contributed by atoms with E-state index in [1.807, 2.05) is 12.1 Å². The van der Waals surface area contributed by atoms with Crippen molar-refractivity contribution >= 4 is 11.6 Å². The second-order valence-electron chi connectivity index (χ2n) is 5.72. The van der Waals surface area contributed by atoms with Crippen molar-refractivity contribution < 1.29 is 0 Å².